The van der Waals surface area contributed by atoms with Gasteiger partial charge in [-0.15, -0.1) is 0 Å². The van der Waals surface area contributed by atoms with Crippen LogP contribution in [0.2, 0.25) is 5.02 Å². The van der Waals surface area contributed by atoms with Gasteiger partial charge in [-0.1, -0.05) is 25.4 Å². The largest absolute Gasteiger partial charge is 0.490 e. The molecule has 1 atom stereocenters. The molecule has 0 radical (unpaired) electrons. The summed E-state index contributed by atoms with van der Waals surface area (Å²) in [5.74, 6) is -1.26. The number of carboxylic acids is 1. The molecular weight excluding hydrogens is 322 g/mol. The maximum atomic E-state index is 12.1. The predicted molar refractivity (Wildman–Crippen MR) is 87.5 cm³/mol. The molecule has 23 heavy (non-hydrogen) atoms. The van der Waals surface area contributed by atoms with Crippen LogP contribution >= 0.6 is 11.6 Å². The van der Waals surface area contributed by atoms with Crippen molar-refractivity contribution in [1.82, 2.24) is 5.32 Å². The number of rotatable bonds is 9. The molecular formula is C16H22ClNO5. The summed E-state index contributed by atoms with van der Waals surface area (Å²) in [5.41, 5.74) is 0.292. The van der Waals surface area contributed by atoms with Gasteiger partial charge in [-0.25, -0.2) is 0 Å². The first-order valence-corrected chi connectivity index (χ1v) is 7.88. The van der Waals surface area contributed by atoms with E-state index >= 15 is 0 Å². The van der Waals surface area contributed by atoms with E-state index < -0.39 is 17.8 Å². The highest BCUT2D eigenvalue weighted by Crippen LogP contribution is 2.36. The lowest BCUT2D eigenvalue weighted by atomic mass is 10.1. The van der Waals surface area contributed by atoms with Crippen LogP contribution in [0.15, 0.2) is 12.1 Å². The Labute approximate surface area is 140 Å². The fourth-order valence-electron chi connectivity index (χ4n) is 1.74. The van der Waals surface area contributed by atoms with Crippen molar-refractivity contribution in [3.8, 4) is 11.5 Å². The number of nitrogens with one attached hydrogen (secondary N) is 1. The highest BCUT2D eigenvalue weighted by molar-refractivity contribution is 6.32. The molecule has 0 saturated carbocycles. The van der Waals surface area contributed by atoms with Crippen LogP contribution in [0.5, 0.6) is 11.5 Å². The summed E-state index contributed by atoms with van der Waals surface area (Å²) in [6.45, 7) is 6.23. The molecule has 0 heterocycles. The molecule has 7 heteroatoms. The summed E-state index contributed by atoms with van der Waals surface area (Å²) in [6, 6.07) is 3.02. The molecule has 6 nitrogen and oxygen atoms in total. The summed E-state index contributed by atoms with van der Waals surface area (Å²) in [5, 5.41) is 11.7. The first-order chi connectivity index (χ1) is 10.9. The van der Waals surface area contributed by atoms with Gasteiger partial charge in [0, 0.05) is 12.1 Å². The number of carbonyl (C=O) groups excluding carboxylic acids is 1. The van der Waals surface area contributed by atoms with Crippen molar-refractivity contribution < 1.29 is 24.2 Å². The minimum absolute atomic E-state index is 0.0316. The summed E-state index contributed by atoms with van der Waals surface area (Å²) in [6.07, 6.45) is 0.817. The number of aliphatic carboxylic acids is 1. The van der Waals surface area contributed by atoms with Crippen molar-refractivity contribution in [2.75, 3.05) is 19.8 Å². The Bertz CT molecular complexity index is 562. The molecule has 1 rings (SSSR count). The van der Waals surface area contributed by atoms with E-state index in [0.717, 1.165) is 6.42 Å². The maximum absolute atomic E-state index is 12.1. The van der Waals surface area contributed by atoms with Gasteiger partial charge in [-0.05, 0) is 25.5 Å². The first kappa shape index (κ1) is 19.1. The topological polar surface area (TPSA) is 84.9 Å². The highest BCUT2D eigenvalue weighted by atomic mass is 35.5. The van der Waals surface area contributed by atoms with Crippen LogP contribution < -0.4 is 14.8 Å². The number of hydrogen-bond donors (Lipinski definition) is 2. The number of carboxylic acid groups (broad SMARTS) is 1. The average molecular weight is 344 g/mol. The third-order valence-corrected chi connectivity index (χ3v) is 3.29. The summed E-state index contributed by atoms with van der Waals surface area (Å²) in [4.78, 5) is 22.9. The van der Waals surface area contributed by atoms with Crippen LogP contribution in [0.1, 0.15) is 37.6 Å². The zero-order valence-corrected chi connectivity index (χ0v) is 14.3. The molecule has 0 aliphatic carbocycles. The molecule has 1 amide bonds. The molecule has 1 aromatic rings. The molecule has 0 aliphatic heterocycles. The number of amides is 1. The summed E-state index contributed by atoms with van der Waals surface area (Å²) < 4.78 is 11.1. The zero-order chi connectivity index (χ0) is 17.4. The Hall–Kier alpha value is -1.95. The number of benzene rings is 1. The fraction of sp³-hybridized carbons (Fsp3) is 0.500. The molecule has 0 fully saturated rings. The molecule has 128 valence electrons. The molecule has 0 bridgehead atoms. The van der Waals surface area contributed by atoms with Crippen molar-refractivity contribution in [2.24, 2.45) is 5.92 Å². The van der Waals surface area contributed by atoms with Gasteiger partial charge < -0.3 is 19.9 Å². The normalized spacial score (nSPS) is 11.7. The average Bonchev–Trinajstić information content (AvgIpc) is 2.51. The van der Waals surface area contributed by atoms with E-state index in [4.69, 9.17) is 26.2 Å². The number of hydrogen-bond acceptors (Lipinski definition) is 4. The summed E-state index contributed by atoms with van der Waals surface area (Å²) in [7, 11) is 0. The quantitative estimate of drug-likeness (QED) is 0.720. The fourth-order valence-corrected chi connectivity index (χ4v) is 2.01. The second-order valence-corrected chi connectivity index (χ2v) is 5.42. The SMILES string of the molecule is CCCOc1c(Cl)cc(C(=O)NCC(C)C(=O)O)cc1OCC. The van der Waals surface area contributed by atoms with Gasteiger partial charge in [0.1, 0.15) is 0 Å². The second-order valence-electron chi connectivity index (χ2n) is 5.02. The minimum atomic E-state index is -0.971. The molecule has 1 aromatic carbocycles. The lowest BCUT2D eigenvalue weighted by Crippen LogP contribution is -2.31. The predicted octanol–water partition coefficient (Wildman–Crippen LogP) is 2.98. The van der Waals surface area contributed by atoms with Crippen LogP contribution in [-0.2, 0) is 4.79 Å². The Balaban J connectivity index is 2.94. The van der Waals surface area contributed by atoms with E-state index in [-0.39, 0.29) is 11.6 Å². The first-order valence-electron chi connectivity index (χ1n) is 7.50. The van der Waals surface area contributed by atoms with Crippen LogP contribution in [0.4, 0.5) is 0 Å². The van der Waals surface area contributed by atoms with Gasteiger partial charge >= 0.3 is 5.97 Å². The standard InChI is InChI=1S/C16H22ClNO5/c1-4-6-23-14-12(17)7-11(8-13(14)22-5-2)15(19)18-9-10(3)16(20)21/h7-8,10H,4-6,9H2,1-3H3,(H,18,19)(H,20,21). The van der Waals surface area contributed by atoms with E-state index in [0.29, 0.717) is 30.3 Å². The van der Waals surface area contributed by atoms with Crippen molar-refractivity contribution >= 4 is 23.5 Å². The van der Waals surface area contributed by atoms with Gasteiger partial charge in [-0.3, -0.25) is 9.59 Å². The number of halogens is 1. The lowest BCUT2D eigenvalue weighted by Gasteiger charge is -2.15. The molecule has 0 saturated heterocycles. The van der Waals surface area contributed by atoms with E-state index in [1.165, 1.54) is 13.0 Å². The van der Waals surface area contributed by atoms with Crippen molar-refractivity contribution in [3.05, 3.63) is 22.7 Å². The van der Waals surface area contributed by atoms with Gasteiger partial charge in [0.2, 0.25) is 0 Å². The molecule has 0 spiro atoms. The van der Waals surface area contributed by atoms with Gasteiger partial charge in [0.05, 0.1) is 24.2 Å². The lowest BCUT2D eigenvalue weighted by molar-refractivity contribution is -0.140. The zero-order valence-electron chi connectivity index (χ0n) is 13.5. The summed E-state index contributed by atoms with van der Waals surface area (Å²) >= 11 is 6.18. The van der Waals surface area contributed by atoms with E-state index in [1.807, 2.05) is 13.8 Å². The Morgan fingerprint density at radius 2 is 2.00 bits per heavy atom. The molecule has 0 aromatic heterocycles. The van der Waals surface area contributed by atoms with Crippen LogP contribution in [-0.4, -0.2) is 36.7 Å². The molecule has 2 N–H and O–H groups in total. The Morgan fingerprint density at radius 3 is 2.57 bits per heavy atom. The van der Waals surface area contributed by atoms with Crippen LogP contribution in [0, 0.1) is 5.92 Å². The number of ether oxygens (including phenoxy) is 2. The van der Waals surface area contributed by atoms with Crippen molar-refractivity contribution in [1.29, 1.82) is 0 Å². The molecule has 0 aliphatic rings. The number of carbonyl (C=O) groups is 2. The Morgan fingerprint density at radius 1 is 1.30 bits per heavy atom. The van der Waals surface area contributed by atoms with E-state index in [2.05, 4.69) is 5.32 Å². The highest BCUT2D eigenvalue weighted by Gasteiger charge is 2.18. The Kier molecular flexibility index (Phi) is 7.68. The van der Waals surface area contributed by atoms with E-state index in [9.17, 15) is 9.59 Å². The monoisotopic (exact) mass is 343 g/mol. The third kappa shape index (κ3) is 5.63. The minimum Gasteiger partial charge on any atom is -0.490 e. The van der Waals surface area contributed by atoms with Crippen molar-refractivity contribution in [2.45, 2.75) is 27.2 Å². The second kappa shape index (κ2) is 9.25. The van der Waals surface area contributed by atoms with Gasteiger partial charge in [0.25, 0.3) is 5.91 Å². The van der Waals surface area contributed by atoms with Gasteiger partial charge in [-0.2, -0.15) is 0 Å². The van der Waals surface area contributed by atoms with Crippen LogP contribution in [0.3, 0.4) is 0 Å². The third-order valence-electron chi connectivity index (χ3n) is 3.01. The van der Waals surface area contributed by atoms with Crippen LogP contribution in [0.25, 0.3) is 0 Å². The maximum Gasteiger partial charge on any atom is 0.308 e. The van der Waals surface area contributed by atoms with Crippen molar-refractivity contribution in [3.63, 3.8) is 0 Å². The smallest absolute Gasteiger partial charge is 0.308 e. The van der Waals surface area contributed by atoms with Gasteiger partial charge in [0.15, 0.2) is 11.5 Å². The molecule has 1 unspecified atom stereocenters. The van der Waals surface area contributed by atoms with E-state index in [1.54, 1.807) is 6.07 Å².